The van der Waals surface area contributed by atoms with Crippen molar-refractivity contribution in [2.75, 3.05) is 32.1 Å². The van der Waals surface area contributed by atoms with E-state index in [1.54, 1.807) is 11.9 Å². The molecule has 0 radical (unpaired) electrons. The van der Waals surface area contributed by atoms with Crippen LogP contribution >= 0.6 is 0 Å². The van der Waals surface area contributed by atoms with E-state index in [4.69, 9.17) is 9.47 Å². The molecule has 0 spiro atoms. The van der Waals surface area contributed by atoms with E-state index < -0.39 is 0 Å². The SMILES string of the molecule is Cc1ccc(NC(=O)[C@H]2CC(=O)N(C)C2)c(OC[C@H]2CCCO2)c1. The van der Waals surface area contributed by atoms with E-state index in [1.807, 2.05) is 25.1 Å². The molecule has 2 atom stereocenters. The van der Waals surface area contributed by atoms with Crippen LogP contribution in [0.4, 0.5) is 5.69 Å². The van der Waals surface area contributed by atoms with Gasteiger partial charge in [-0.05, 0) is 37.5 Å². The van der Waals surface area contributed by atoms with Crippen LogP contribution in [0.2, 0.25) is 0 Å². The Labute approximate surface area is 142 Å². The van der Waals surface area contributed by atoms with Crippen LogP contribution in [0.15, 0.2) is 18.2 Å². The molecule has 1 N–H and O–H groups in total. The molecule has 2 amide bonds. The second-order valence-electron chi connectivity index (χ2n) is 6.61. The minimum absolute atomic E-state index is 0.00825. The molecular formula is C18H24N2O4. The van der Waals surface area contributed by atoms with E-state index in [1.165, 1.54) is 0 Å². The predicted octanol–water partition coefficient (Wildman–Crippen LogP) is 1.97. The Morgan fingerprint density at radius 2 is 2.29 bits per heavy atom. The zero-order valence-electron chi connectivity index (χ0n) is 14.2. The molecule has 0 bridgehead atoms. The summed E-state index contributed by atoms with van der Waals surface area (Å²) in [5.74, 6) is 0.207. The van der Waals surface area contributed by atoms with E-state index in [0.29, 0.717) is 24.6 Å². The van der Waals surface area contributed by atoms with Crippen molar-refractivity contribution in [3.63, 3.8) is 0 Å². The van der Waals surface area contributed by atoms with Crippen molar-refractivity contribution in [3.8, 4) is 5.75 Å². The maximum Gasteiger partial charge on any atom is 0.229 e. The Morgan fingerprint density at radius 1 is 1.46 bits per heavy atom. The Morgan fingerprint density at radius 3 is 2.96 bits per heavy atom. The van der Waals surface area contributed by atoms with Crippen molar-refractivity contribution in [2.45, 2.75) is 32.3 Å². The summed E-state index contributed by atoms with van der Waals surface area (Å²) in [6.45, 7) is 3.71. The quantitative estimate of drug-likeness (QED) is 0.895. The van der Waals surface area contributed by atoms with E-state index in [-0.39, 0.29) is 30.3 Å². The van der Waals surface area contributed by atoms with Gasteiger partial charge in [0.05, 0.1) is 17.7 Å². The predicted molar refractivity (Wildman–Crippen MR) is 90.0 cm³/mol. The van der Waals surface area contributed by atoms with Crippen molar-refractivity contribution in [1.82, 2.24) is 4.90 Å². The molecule has 0 aliphatic carbocycles. The first-order valence-electron chi connectivity index (χ1n) is 8.43. The summed E-state index contributed by atoms with van der Waals surface area (Å²) in [5, 5.41) is 2.91. The first-order valence-corrected chi connectivity index (χ1v) is 8.43. The Bertz CT molecular complexity index is 625. The standard InChI is InChI=1S/C18H24N2O4/c1-12-5-6-15(16(8-12)24-11-14-4-3-7-23-14)19-18(22)13-9-17(21)20(2)10-13/h5-6,8,13-14H,3-4,7,9-11H2,1-2H3,(H,19,22)/t13-,14+/m0/s1. The summed E-state index contributed by atoms with van der Waals surface area (Å²) < 4.78 is 11.5. The monoisotopic (exact) mass is 332 g/mol. The van der Waals surface area contributed by atoms with Gasteiger partial charge in [0, 0.05) is 26.6 Å². The average Bonchev–Trinajstić information content (AvgIpc) is 3.18. The Kier molecular flexibility index (Phi) is 5.04. The molecule has 0 saturated carbocycles. The summed E-state index contributed by atoms with van der Waals surface area (Å²) >= 11 is 0. The average molecular weight is 332 g/mol. The number of nitrogens with one attached hydrogen (secondary N) is 1. The van der Waals surface area contributed by atoms with Gasteiger partial charge < -0.3 is 19.7 Å². The number of benzene rings is 1. The van der Waals surface area contributed by atoms with Crippen LogP contribution in [0, 0.1) is 12.8 Å². The summed E-state index contributed by atoms with van der Waals surface area (Å²) in [4.78, 5) is 25.6. The molecular weight excluding hydrogens is 308 g/mol. The van der Waals surface area contributed by atoms with Crippen LogP contribution in [0.1, 0.15) is 24.8 Å². The molecule has 2 saturated heterocycles. The van der Waals surface area contributed by atoms with E-state index >= 15 is 0 Å². The fraction of sp³-hybridized carbons (Fsp3) is 0.556. The molecule has 0 aromatic heterocycles. The Hall–Kier alpha value is -2.08. The number of aryl methyl sites for hydroxylation is 1. The maximum atomic E-state index is 12.4. The lowest BCUT2D eigenvalue weighted by molar-refractivity contribution is -0.127. The van der Waals surface area contributed by atoms with Gasteiger partial charge in [-0.25, -0.2) is 0 Å². The molecule has 1 aromatic carbocycles. The lowest BCUT2D eigenvalue weighted by atomic mass is 10.1. The second kappa shape index (κ2) is 7.21. The summed E-state index contributed by atoms with van der Waals surface area (Å²) in [6.07, 6.45) is 2.45. The number of likely N-dealkylation sites (tertiary alicyclic amines) is 1. The van der Waals surface area contributed by atoms with Gasteiger partial charge in [0.15, 0.2) is 0 Å². The fourth-order valence-corrected chi connectivity index (χ4v) is 3.08. The maximum absolute atomic E-state index is 12.4. The van der Waals surface area contributed by atoms with Gasteiger partial charge in [0.2, 0.25) is 11.8 Å². The van der Waals surface area contributed by atoms with Crippen LogP contribution in [-0.2, 0) is 14.3 Å². The largest absolute Gasteiger partial charge is 0.489 e. The van der Waals surface area contributed by atoms with Crippen molar-refractivity contribution in [3.05, 3.63) is 23.8 Å². The van der Waals surface area contributed by atoms with Gasteiger partial charge in [-0.1, -0.05) is 6.07 Å². The molecule has 3 rings (SSSR count). The molecule has 2 heterocycles. The number of carbonyl (C=O) groups is 2. The third-order valence-electron chi connectivity index (χ3n) is 4.56. The minimum atomic E-state index is -0.310. The summed E-state index contributed by atoms with van der Waals surface area (Å²) in [6, 6.07) is 5.69. The van der Waals surface area contributed by atoms with E-state index in [0.717, 1.165) is 25.0 Å². The topological polar surface area (TPSA) is 67.9 Å². The first-order chi connectivity index (χ1) is 11.5. The number of amides is 2. The van der Waals surface area contributed by atoms with E-state index in [2.05, 4.69) is 5.32 Å². The fourth-order valence-electron chi connectivity index (χ4n) is 3.08. The van der Waals surface area contributed by atoms with Gasteiger partial charge in [0.1, 0.15) is 12.4 Å². The first kappa shape index (κ1) is 16.8. The second-order valence-corrected chi connectivity index (χ2v) is 6.61. The van der Waals surface area contributed by atoms with Gasteiger partial charge in [-0.2, -0.15) is 0 Å². The van der Waals surface area contributed by atoms with Crippen molar-refractivity contribution in [2.24, 2.45) is 5.92 Å². The highest BCUT2D eigenvalue weighted by molar-refractivity contribution is 5.98. The lowest BCUT2D eigenvalue weighted by Gasteiger charge is -2.17. The molecule has 2 fully saturated rings. The number of rotatable bonds is 5. The Balaban J connectivity index is 1.65. The van der Waals surface area contributed by atoms with Crippen LogP contribution < -0.4 is 10.1 Å². The van der Waals surface area contributed by atoms with Crippen LogP contribution in [0.3, 0.4) is 0 Å². The number of ether oxygens (including phenoxy) is 2. The van der Waals surface area contributed by atoms with Crippen LogP contribution in [-0.4, -0.2) is 49.6 Å². The van der Waals surface area contributed by atoms with Gasteiger partial charge in [-0.15, -0.1) is 0 Å². The highest BCUT2D eigenvalue weighted by atomic mass is 16.5. The third kappa shape index (κ3) is 3.87. The highest BCUT2D eigenvalue weighted by Crippen LogP contribution is 2.28. The van der Waals surface area contributed by atoms with Gasteiger partial charge in [-0.3, -0.25) is 9.59 Å². The molecule has 130 valence electrons. The number of hydrogen-bond donors (Lipinski definition) is 1. The zero-order valence-corrected chi connectivity index (χ0v) is 14.2. The number of nitrogens with zero attached hydrogens (tertiary/aromatic N) is 1. The van der Waals surface area contributed by atoms with Gasteiger partial charge in [0.25, 0.3) is 0 Å². The van der Waals surface area contributed by atoms with Crippen LogP contribution in [0.5, 0.6) is 5.75 Å². The van der Waals surface area contributed by atoms with Gasteiger partial charge >= 0.3 is 0 Å². The molecule has 2 aliphatic rings. The molecule has 6 heteroatoms. The van der Waals surface area contributed by atoms with Crippen molar-refractivity contribution < 1.29 is 19.1 Å². The number of hydrogen-bond acceptors (Lipinski definition) is 4. The molecule has 2 aliphatic heterocycles. The normalized spacial score (nSPS) is 23.6. The van der Waals surface area contributed by atoms with Crippen molar-refractivity contribution >= 4 is 17.5 Å². The summed E-state index contributed by atoms with van der Waals surface area (Å²) in [5.41, 5.74) is 1.71. The lowest BCUT2D eigenvalue weighted by Crippen LogP contribution is -2.26. The summed E-state index contributed by atoms with van der Waals surface area (Å²) in [7, 11) is 1.72. The van der Waals surface area contributed by atoms with Crippen molar-refractivity contribution in [1.29, 1.82) is 0 Å². The smallest absolute Gasteiger partial charge is 0.229 e. The minimum Gasteiger partial charge on any atom is -0.489 e. The third-order valence-corrected chi connectivity index (χ3v) is 4.56. The van der Waals surface area contributed by atoms with Crippen LogP contribution in [0.25, 0.3) is 0 Å². The van der Waals surface area contributed by atoms with E-state index in [9.17, 15) is 9.59 Å². The number of carbonyl (C=O) groups excluding carboxylic acids is 2. The molecule has 0 unspecified atom stereocenters. The highest BCUT2D eigenvalue weighted by Gasteiger charge is 2.32. The zero-order chi connectivity index (χ0) is 17.1. The number of anilines is 1. The molecule has 1 aromatic rings. The molecule has 24 heavy (non-hydrogen) atoms. The molecule has 6 nitrogen and oxygen atoms in total.